The highest BCUT2D eigenvalue weighted by Gasteiger charge is 2.46. The molecule has 1 aliphatic rings. The van der Waals surface area contributed by atoms with Gasteiger partial charge in [-0.15, -0.1) is 0 Å². The maximum atomic E-state index is 4.44. The van der Waals surface area contributed by atoms with E-state index in [-0.39, 0.29) is 5.54 Å². The minimum Gasteiger partial charge on any atom is -0.310 e. The van der Waals surface area contributed by atoms with Crippen molar-refractivity contribution in [3.63, 3.8) is 0 Å². The van der Waals surface area contributed by atoms with Crippen molar-refractivity contribution in [1.82, 2.24) is 15.1 Å². The first kappa shape index (κ1) is 8.75. The second kappa shape index (κ2) is 2.58. The van der Waals surface area contributed by atoms with Crippen LogP contribution in [-0.2, 0) is 12.6 Å². The molecule has 1 saturated carbocycles. The average molecular weight is 179 g/mol. The normalized spacial score (nSPS) is 19.1. The third-order valence-electron chi connectivity index (χ3n) is 3.22. The van der Waals surface area contributed by atoms with E-state index in [1.165, 1.54) is 29.8 Å². The van der Waals surface area contributed by atoms with Gasteiger partial charge in [-0.1, -0.05) is 0 Å². The van der Waals surface area contributed by atoms with Crippen molar-refractivity contribution in [1.29, 1.82) is 0 Å². The van der Waals surface area contributed by atoms with Crippen LogP contribution in [0.15, 0.2) is 0 Å². The third-order valence-corrected chi connectivity index (χ3v) is 3.22. The van der Waals surface area contributed by atoms with Crippen LogP contribution in [0.3, 0.4) is 0 Å². The molecule has 0 aromatic carbocycles. The minimum absolute atomic E-state index is 0.252. The van der Waals surface area contributed by atoms with Gasteiger partial charge in [-0.25, -0.2) is 0 Å². The van der Waals surface area contributed by atoms with Gasteiger partial charge in [0.15, 0.2) is 0 Å². The molecule has 1 heterocycles. The number of rotatable bonds is 2. The molecule has 0 radical (unpaired) electrons. The molecule has 1 fully saturated rings. The summed E-state index contributed by atoms with van der Waals surface area (Å²) in [6, 6.07) is 0. The maximum absolute atomic E-state index is 4.44. The van der Waals surface area contributed by atoms with E-state index in [0.29, 0.717) is 0 Å². The highest BCUT2D eigenvalue weighted by atomic mass is 15.3. The Morgan fingerprint density at radius 2 is 2.00 bits per heavy atom. The fourth-order valence-corrected chi connectivity index (χ4v) is 2.22. The Hall–Kier alpha value is -0.830. The summed E-state index contributed by atoms with van der Waals surface area (Å²) in [6.45, 7) is 4.24. The van der Waals surface area contributed by atoms with Gasteiger partial charge >= 0.3 is 0 Å². The number of hydrogen-bond acceptors (Lipinski definition) is 2. The fraction of sp³-hybridized carbons (Fsp3) is 0.700. The van der Waals surface area contributed by atoms with Crippen LogP contribution in [0, 0.1) is 13.8 Å². The van der Waals surface area contributed by atoms with Crippen LogP contribution >= 0.6 is 0 Å². The Morgan fingerprint density at radius 3 is 2.31 bits per heavy atom. The second-order valence-electron chi connectivity index (χ2n) is 4.00. The Morgan fingerprint density at radius 1 is 1.38 bits per heavy atom. The summed E-state index contributed by atoms with van der Waals surface area (Å²) in [4.78, 5) is 0. The van der Waals surface area contributed by atoms with Crippen LogP contribution in [0.25, 0.3) is 0 Å². The van der Waals surface area contributed by atoms with Crippen molar-refractivity contribution >= 4 is 0 Å². The molecule has 0 saturated heterocycles. The quantitative estimate of drug-likeness (QED) is 0.740. The summed E-state index contributed by atoms with van der Waals surface area (Å²) in [5.74, 6) is 0. The van der Waals surface area contributed by atoms with E-state index >= 15 is 0 Å². The molecule has 2 rings (SSSR count). The SMILES string of the molecule is CNC1(c2c(C)nn(C)c2C)CC1. The molecule has 0 atom stereocenters. The van der Waals surface area contributed by atoms with E-state index in [0.717, 1.165) is 0 Å². The highest BCUT2D eigenvalue weighted by Crippen LogP contribution is 2.47. The van der Waals surface area contributed by atoms with E-state index in [9.17, 15) is 0 Å². The topological polar surface area (TPSA) is 29.9 Å². The Labute approximate surface area is 79.1 Å². The Balaban J connectivity index is 2.50. The maximum Gasteiger partial charge on any atom is 0.0647 e. The first-order chi connectivity index (χ1) is 6.10. The number of nitrogens with zero attached hydrogens (tertiary/aromatic N) is 2. The van der Waals surface area contributed by atoms with Crippen LogP contribution in [0.5, 0.6) is 0 Å². The van der Waals surface area contributed by atoms with Gasteiger partial charge < -0.3 is 5.32 Å². The zero-order chi connectivity index (χ0) is 9.64. The zero-order valence-electron chi connectivity index (χ0n) is 8.81. The lowest BCUT2D eigenvalue weighted by atomic mass is 10.0. The fourth-order valence-electron chi connectivity index (χ4n) is 2.22. The average Bonchev–Trinajstić information content (AvgIpc) is 2.81. The second-order valence-corrected chi connectivity index (χ2v) is 4.00. The van der Waals surface area contributed by atoms with E-state index in [2.05, 4.69) is 24.3 Å². The summed E-state index contributed by atoms with van der Waals surface area (Å²) < 4.78 is 1.97. The molecular weight excluding hydrogens is 162 g/mol. The van der Waals surface area contributed by atoms with Gasteiger partial charge in [0.25, 0.3) is 0 Å². The predicted molar refractivity (Wildman–Crippen MR) is 52.7 cm³/mol. The van der Waals surface area contributed by atoms with Crippen molar-refractivity contribution in [2.45, 2.75) is 32.2 Å². The lowest BCUT2D eigenvalue weighted by Crippen LogP contribution is -2.25. The molecule has 1 aromatic heterocycles. The van der Waals surface area contributed by atoms with E-state index in [4.69, 9.17) is 0 Å². The van der Waals surface area contributed by atoms with Crippen LogP contribution in [0.2, 0.25) is 0 Å². The summed E-state index contributed by atoms with van der Waals surface area (Å²) in [6.07, 6.45) is 2.49. The summed E-state index contributed by atoms with van der Waals surface area (Å²) >= 11 is 0. The first-order valence-corrected chi connectivity index (χ1v) is 4.80. The number of aryl methyl sites for hydroxylation is 2. The highest BCUT2D eigenvalue weighted by molar-refractivity contribution is 5.37. The lowest BCUT2D eigenvalue weighted by molar-refractivity contribution is 0.577. The number of aromatic nitrogens is 2. The molecule has 0 bridgehead atoms. The molecule has 0 spiro atoms. The molecule has 3 nitrogen and oxygen atoms in total. The summed E-state index contributed by atoms with van der Waals surface area (Å²) in [7, 11) is 4.05. The molecule has 13 heavy (non-hydrogen) atoms. The van der Waals surface area contributed by atoms with Gasteiger partial charge in [-0.3, -0.25) is 4.68 Å². The molecule has 1 aliphatic carbocycles. The Kier molecular flexibility index (Phi) is 1.74. The molecule has 0 aliphatic heterocycles. The van der Waals surface area contributed by atoms with Crippen molar-refractivity contribution < 1.29 is 0 Å². The molecule has 72 valence electrons. The first-order valence-electron chi connectivity index (χ1n) is 4.80. The standard InChI is InChI=1S/C10H17N3/c1-7-9(8(2)13(4)12-7)10(11-3)5-6-10/h11H,5-6H2,1-4H3. The van der Waals surface area contributed by atoms with Crippen LogP contribution < -0.4 is 5.32 Å². The van der Waals surface area contributed by atoms with Gasteiger partial charge in [0.2, 0.25) is 0 Å². The van der Waals surface area contributed by atoms with Crippen LogP contribution in [0.1, 0.15) is 29.8 Å². The van der Waals surface area contributed by atoms with Gasteiger partial charge in [0.1, 0.15) is 0 Å². The predicted octanol–water partition coefficient (Wildman–Crippen LogP) is 1.25. The van der Waals surface area contributed by atoms with Crippen LogP contribution in [-0.4, -0.2) is 16.8 Å². The van der Waals surface area contributed by atoms with Crippen molar-refractivity contribution in [3.8, 4) is 0 Å². The lowest BCUT2D eigenvalue weighted by Gasteiger charge is -2.14. The Bertz CT molecular complexity index is 334. The monoisotopic (exact) mass is 179 g/mol. The molecule has 0 unspecified atom stereocenters. The van der Waals surface area contributed by atoms with Crippen molar-refractivity contribution in [3.05, 3.63) is 17.0 Å². The molecular formula is C10H17N3. The smallest absolute Gasteiger partial charge is 0.0647 e. The number of hydrogen-bond donors (Lipinski definition) is 1. The zero-order valence-corrected chi connectivity index (χ0v) is 8.81. The summed E-state index contributed by atoms with van der Waals surface area (Å²) in [5, 5.41) is 7.85. The van der Waals surface area contributed by atoms with Crippen LogP contribution in [0.4, 0.5) is 0 Å². The van der Waals surface area contributed by atoms with Crippen molar-refractivity contribution in [2.75, 3.05) is 7.05 Å². The van der Waals surface area contributed by atoms with E-state index in [1.807, 2.05) is 18.8 Å². The van der Waals surface area contributed by atoms with E-state index in [1.54, 1.807) is 0 Å². The van der Waals surface area contributed by atoms with E-state index < -0.39 is 0 Å². The van der Waals surface area contributed by atoms with Gasteiger partial charge in [0.05, 0.1) is 5.69 Å². The van der Waals surface area contributed by atoms with Gasteiger partial charge in [-0.2, -0.15) is 5.10 Å². The van der Waals surface area contributed by atoms with Gasteiger partial charge in [0, 0.05) is 23.8 Å². The molecule has 1 N–H and O–H groups in total. The molecule has 3 heteroatoms. The minimum atomic E-state index is 0.252. The molecule has 0 amide bonds. The summed E-state index contributed by atoms with van der Waals surface area (Å²) in [5.41, 5.74) is 4.14. The van der Waals surface area contributed by atoms with Crippen molar-refractivity contribution in [2.24, 2.45) is 7.05 Å². The number of nitrogens with one attached hydrogen (secondary N) is 1. The molecule has 1 aromatic rings. The van der Waals surface area contributed by atoms with Gasteiger partial charge in [-0.05, 0) is 33.7 Å². The third kappa shape index (κ3) is 1.10. The largest absolute Gasteiger partial charge is 0.310 e.